The van der Waals surface area contributed by atoms with E-state index in [1.165, 1.54) is 11.8 Å². The minimum absolute atomic E-state index is 0.0430. The maximum Gasteiger partial charge on any atom is 0.262 e. The molecule has 1 aromatic heterocycles. The summed E-state index contributed by atoms with van der Waals surface area (Å²) < 4.78 is 2.77. The molecule has 140 valence electrons. The van der Waals surface area contributed by atoms with Crippen molar-refractivity contribution in [3.63, 3.8) is 0 Å². The molecule has 7 heteroatoms. The van der Waals surface area contributed by atoms with Gasteiger partial charge in [-0.2, -0.15) is 0 Å². The van der Waals surface area contributed by atoms with Crippen molar-refractivity contribution in [2.75, 3.05) is 11.1 Å². The predicted octanol–water partition coefficient (Wildman–Crippen LogP) is 4.62. The molecule has 3 rings (SSSR count). The van der Waals surface area contributed by atoms with E-state index in [1.807, 2.05) is 57.2 Å². The van der Waals surface area contributed by atoms with Gasteiger partial charge >= 0.3 is 0 Å². The van der Waals surface area contributed by atoms with Crippen molar-refractivity contribution in [3.8, 4) is 0 Å². The topological polar surface area (TPSA) is 64.0 Å². The fourth-order valence-electron chi connectivity index (χ4n) is 2.77. The van der Waals surface area contributed by atoms with Crippen LogP contribution in [0.1, 0.15) is 25.5 Å². The minimum Gasteiger partial charge on any atom is -0.325 e. The maximum absolute atomic E-state index is 12.8. The number of nitrogens with zero attached hydrogens (tertiary/aromatic N) is 2. The molecule has 0 unspecified atom stereocenters. The number of thioether (sulfide) groups is 1. The van der Waals surface area contributed by atoms with Gasteiger partial charge in [0, 0.05) is 15.3 Å². The van der Waals surface area contributed by atoms with Crippen molar-refractivity contribution in [2.24, 2.45) is 0 Å². The number of rotatable bonds is 5. The Bertz CT molecular complexity index is 1060. The number of carbonyl (C=O) groups is 1. The van der Waals surface area contributed by atoms with Gasteiger partial charge in [0.25, 0.3) is 5.56 Å². The Morgan fingerprint density at radius 3 is 2.70 bits per heavy atom. The first-order valence-corrected chi connectivity index (χ1v) is 10.6. The summed E-state index contributed by atoms with van der Waals surface area (Å²) in [6.45, 7) is 5.85. The summed E-state index contributed by atoms with van der Waals surface area (Å²) in [6, 6.07) is 13.1. The second kappa shape index (κ2) is 8.43. The van der Waals surface area contributed by atoms with E-state index in [1.54, 1.807) is 10.6 Å². The molecule has 0 saturated carbocycles. The zero-order valence-corrected chi connectivity index (χ0v) is 18.3. The highest BCUT2D eigenvalue weighted by atomic mass is 127. The summed E-state index contributed by atoms with van der Waals surface area (Å²) in [5.74, 6) is 0.0603. The average Bonchev–Trinajstić information content (AvgIpc) is 2.62. The van der Waals surface area contributed by atoms with E-state index in [0.717, 1.165) is 14.8 Å². The third kappa shape index (κ3) is 4.52. The van der Waals surface area contributed by atoms with Crippen LogP contribution < -0.4 is 10.9 Å². The van der Waals surface area contributed by atoms with Crippen molar-refractivity contribution in [3.05, 3.63) is 62.0 Å². The lowest BCUT2D eigenvalue weighted by atomic mass is 10.2. The second-order valence-corrected chi connectivity index (χ2v) is 8.66. The highest BCUT2D eigenvalue weighted by molar-refractivity contribution is 14.1. The molecule has 5 nitrogen and oxygen atoms in total. The van der Waals surface area contributed by atoms with E-state index in [-0.39, 0.29) is 23.3 Å². The monoisotopic (exact) mass is 493 g/mol. The molecule has 0 aliphatic heterocycles. The average molecular weight is 493 g/mol. The molecule has 0 fully saturated rings. The number of aryl methyl sites for hydroxylation is 1. The maximum atomic E-state index is 12.8. The molecule has 1 N–H and O–H groups in total. The second-order valence-electron chi connectivity index (χ2n) is 6.48. The molecule has 0 bridgehead atoms. The molecule has 0 spiro atoms. The van der Waals surface area contributed by atoms with E-state index in [4.69, 9.17) is 0 Å². The summed E-state index contributed by atoms with van der Waals surface area (Å²) in [5.41, 5.74) is 2.39. The Morgan fingerprint density at radius 1 is 1.26 bits per heavy atom. The van der Waals surface area contributed by atoms with Crippen molar-refractivity contribution in [1.29, 1.82) is 0 Å². The molecule has 0 aliphatic carbocycles. The molecule has 1 heterocycles. The molecule has 0 atom stereocenters. The van der Waals surface area contributed by atoms with Crippen molar-refractivity contribution in [1.82, 2.24) is 9.55 Å². The normalized spacial score (nSPS) is 11.1. The summed E-state index contributed by atoms with van der Waals surface area (Å²) in [6.07, 6.45) is 0. The number of anilines is 1. The lowest BCUT2D eigenvalue weighted by Gasteiger charge is -2.16. The smallest absolute Gasteiger partial charge is 0.262 e. The fourth-order valence-corrected chi connectivity index (χ4v) is 4.34. The number of para-hydroxylation sites is 1. The molecule has 0 saturated heterocycles. The number of benzene rings is 2. The SMILES string of the molecule is Cc1cc(I)ccc1NC(=O)CSc1nc2ccccc2c(=O)n1C(C)C. The zero-order chi connectivity index (χ0) is 19.6. The number of nitrogens with one attached hydrogen (secondary N) is 1. The summed E-state index contributed by atoms with van der Waals surface area (Å²) in [7, 11) is 0. The number of amides is 1. The van der Waals surface area contributed by atoms with Crippen LogP contribution in [0, 0.1) is 10.5 Å². The van der Waals surface area contributed by atoms with Crippen LogP contribution in [-0.2, 0) is 4.79 Å². The lowest BCUT2D eigenvalue weighted by molar-refractivity contribution is -0.113. The molecule has 1 amide bonds. The van der Waals surface area contributed by atoms with Gasteiger partial charge in [-0.15, -0.1) is 0 Å². The number of aromatic nitrogens is 2. The third-order valence-electron chi connectivity index (χ3n) is 4.09. The molecular formula is C20H20IN3O2S. The van der Waals surface area contributed by atoms with Crippen LogP contribution in [0.3, 0.4) is 0 Å². The fraction of sp³-hybridized carbons (Fsp3) is 0.250. The van der Waals surface area contributed by atoms with E-state index >= 15 is 0 Å². The van der Waals surface area contributed by atoms with Gasteiger partial charge < -0.3 is 5.32 Å². The summed E-state index contributed by atoms with van der Waals surface area (Å²) >= 11 is 3.52. The van der Waals surface area contributed by atoms with Gasteiger partial charge in [-0.05, 0) is 79.3 Å². The predicted molar refractivity (Wildman–Crippen MR) is 120 cm³/mol. The van der Waals surface area contributed by atoms with E-state index in [9.17, 15) is 9.59 Å². The van der Waals surface area contributed by atoms with Gasteiger partial charge in [-0.3, -0.25) is 14.2 Å². The van der Waals surface area contributed by atoms with Crippen LogP contribution in [-0.4, -0.2) is 21.2 Å². The van der Waals surface area contributed by atoms with Gasteiger partial charge in [-0.1, -0.05) is 23.9 Å². The molecule has 3 aromatic rings. The van der Waals surface area contributed by atoms with Gasteiger partial charge in [0.2, 0.25) is 5.91 Å². The van der Waals surface area contributed by atoms with Gasteiger partial charge in [-0.25, -0.2) is 4.98 Å². The van der Waals surface area contributed by atoms with Crippen molar-refractivity contribution < 1.29 is 4.79 Å². The number of hydrogen-bond donors (Lipinski definition) is 1. The lowest BCUT2D eigenvalue weighted by Crippen LogP contribution is -2.25. The number of carbonyl (C=O) groups excluding carboxylic acids is 1. The van der Waals surface area contributed by atoms with Gasteiger partial charge in [0.15, 0.2) is 5.16 Å². The first-order valence-electron chi connectivity index (χ1n) is 8.57. The number of hydrogen-bond acceptors (Lipinski definition) is 4. The Hall–Kier alpha value is -1.87. The van der Waals surface area contributed by atoms with Gasteiger partial charge in [0.05, 0.1) is 16.7 Å². The quantitative estimate of drug-likeness (QED) is 0.320. The third-order valence-corrected chi connectivity index (χ3v) is 5.71. The molecular weight excluding hydrogens is 473 g/mol. The molecule has 27 heavy (non-hydrogen) atoms. The number of halogens is 1. The first kappa shape index (κ1) is 19.9. The van der Waals surface area contributed by atoms with Crippen LogP contribution in [0.5, 0.6) is 0 Å². The van der Waals surface area contributed by atoms with Crippen molar-refractivity contribution >= 4 is 56.9 Å². The highest BCUT2D eigenvalue weighted by Gasteiger charge is 2.15. The molecule has 2 aromatic carbocycles. The zero-order valence-electron chi connectivity index (χ0n) is 15.3. The van der Waals surface area contributed by atoms with Crippen LogP contribution in [0.25, 0.3) is 10.9 Å². The summed E-state index contributed by atoms with van der Waals surface area (Å²) in [5, 5.41) is 4.08. The summed E-state index contributed by atoms with van der Waals surface area (Å²) in [4.78, 5) is 29.8. The van der Waals surface area contributed by atoms with Crippen LogP contribution in [0.2, 0.25) is 0 Å². The largest absolute Gasteiger partial charge is 0.325 e. The van der Waals surface area contributed by atoms with Crippen LogP contribution in [0.4, 0.5) is 5.69 Å². The number of fused-ring (bicyclic) bond motifs is 1. The van der Waals surface area contributed by atoms with E-state index in [2.05, 4.69) is 32.9 Å². The van der Waals surface area contributed by atoms with E-state index in [0.29, 0.717) is 16.1 Å². The van der Waals surface area contributed by atoms with E-state index < -0.39 is 0 Å². The Morgan fingerprint density at radius 2 is 2.00 bits per heavy atom. The molecule has 0 aliphatic rings. The van der Waals surface area contributed by atoms with Crippen LogP contribution >= 0.6 is 34.4 Å². The Labute approximate surface area is 175 Å². The standard InChI is InChI=1S/C20H20IN3O2S/c1-12(2)24-19(26)15-6-4-5-7-17(15)23-20(24)27-11-18(25)22-16-9-8-14(21)10-13(16)3/h4-10,12H,11H2,1-3H3,(H,22,25). The van der Waals surface area contributed by atoms with Crippen molar-refractivity contribution in [2.45, 2.75) is 32.0 Å². The first-order chi connectivity index (χ1) is 12.9. The Balaban J connectivity index is 1.82. The van der Waals surface area contributed by atoms with Gasteiger partial charge in [0.1, 0.15) is 0 Å². The highest BCUT2D eigenvalue weighted by Crippen LogP contribution is 2.22. The van der Waals surface area contributed by atoms with Crippen LogP contribution in [0.15, 0.2) is 52.4 Å². The Kier molecular flexibility index (Phi) is 6.21. The minimum atomic E-state index is -0.123. The molecule has 0 radical (unpaired) electrons.